The molecule has 1 aromatic carbocycles. The fraction of sp³-hybridized carbons (Fsp3) is 0.533. The Morgan fingerprint density at radius 3 is 2.50 bits per heavy atom. The molecule has 1 saturated carbocycles. The molecule has 0 radical (unpaired) electrons. The fourth-order valence-corrected chi connectivity index (χ4v) is 6.05. The first kappa shape index (κ1) is 15.6. The Kier molecular flexibility index (Phi) is 4.94. The van der Waals surface area contributed by atoms with Crippen molar-refractivity contribution < 1.29 is 13.5 Å². The van der Waals surface area contributed by atoms with E-state index in [1.807, 2.05) is 13.0 Å². The molecule has 1 aromatic rings. The molecule has 4 atom stereocenters. The number of hydrogen-bond donors (Lipinski definition) is 1. The Morgan fingerprint density at radius 1 is 1.25 bits per heavy atom. The van der Waals surface area contributed by atoms with E-state index in [1.54, 1.807) is 24.3 Å². The van der Waals surface area contributed by atoms with Gasteiger partial charge in [-0.05, 0) is 45.9 Å². The lowest BCUT2D eigenvalue weighted by atomic mass is 9.81. The number of rotatable bonds is 3. The largest absolute Gasteiger partial charge is 0.393 e. The summed E-state index contributed by atoms with van der Waals surface area (Å²) in [4.78, 5) is 0.372. The molecule has 1 aliphatic carbocycles. The SMILES string of the molecule is C/[SiH]=C/C1C[C@@H](C)[C@H](O)CC1S(=O)(=O)c1ccccc1. The maximum Gasteiger partial charge on any atom is 0.181 e. The summed E-state index contributed by atoms with van der Waals surface area (Å²) in [6, 6.07) is 8.61. The van der Waals surface area contributed by atoms with Crippen LogP contribution in [-0.4, -0.2) is 39.7 Å². The molecule has 0 bridgehead atoms. The molecule has 110 valence electrons. The highest BCUT2D eigenvalue weighted by atomic mass is 32.2. The van der Waals surface area contributed by atoms with Crippen LogP contribution in [0.1, 0.15) is 19.8 Å². The van der Waals surface area contributed by atoms with E-state index in [4.69, 9.17) is 0 Å². The van der Waals surface area contributed by atoms with E-state index < -0.39 is 21.2 Å². The summed E-state index contributed by atoms with van der Waals surface area (Å²) in [7, 11) is -3.21. The average Bonchev–Trinajstić information content (AvgIpc) is 2.43. The van der Waals surface area contributed by atoms with Gasteiger partial charge in [0, 0.05) is 0 Å². The third-order valence-corrected chi connectivity index (χ3v) is 7.31. The molecule has 0 aliphatic heterocycles. The molecule has 0 aromatic heterocycles. The van der Waals surface area contributed by atoms with E-state index in [-0.39, 0.29) is 21.0 Å². The van der Waals surface area contributed by atoms with Crippen LogP contribution in [0.25, 0.3) is 0 Å². The van der Waals surface area contributed by atoms with E-state index in [2.05, 4.69) is 12.2 Å². The first-order valence-electron chi connectivity index (χ1n) is 7.06. The summed E-state index contributed by atoms with van der Waals surface area (Å²) in [6.45, 7) is 4.11. The molecule has 1 N–H and O–H groups in total. The van der Waals surface area contributed by atoms with Crippen molar-refractivity contribution >= 4 is 24.6 Å². The molecular weight excluding hydrogens is 288 g/mol. The van der Waals surface area contributed by atoms with E-state index in [9.17, 15) is 13.5 Å². The van der Waals surface area contributed by atoms with Crippen molar-refractivity contribution in [3.63, 3.8) is 0 Å². The quantitative estimate of drug-likeness (QED) is 0.861. The zero-order valence-corrected chi connectivity index (χ0v) is 13.9. The third-order valence-electron chi connectivity index (χ3n) is 4.16. The van der Waals surface area contributed by atoms with Crippen molar-refractivity contribution in [1.82, 2.24) is 0 Å². The molecule has 0 heterocycles. The zero-order chi connectivity index (χ0) is 14.8. The number of sulfone groups is 1. The molecule has 1 aliphatic rings. The van der Waals surface area contributed by atoms with Crippen LogP contribution in [0.2, 0.25) is 6.55 Å². The van der Waals surface area contributed by atoms with Gasteiger partial charge in [-0.2, -0.15) is 0 Å². The lowest BCUT2D eigenvalue weighted by Crippen LogP contribution is -2.43. The lowest BCUT2D eigenvalue weighted by Gasteiger charge is -2.36. The summed E-state index contributed by atoms with van der Waals surface area (Å²) >= 11 is 0. The smallest absolute Gasteiger partial charge is 0.181 e. The van der Waals surface area contributed by atoms with Crippen LogP contribution in [0.15, 0.2) is 35.2 Å². The monoisotopic (exact) mass is 310 g/mol. The number of hydrogen-bond acceptors (Lipinski definition) is 3. The van der Waals surface area contributed by atoms with Crippen LogP contribution in [-0.2, 0) is 9.84 Å². The van der Waals surface area contributed by atoms with E-state index in [0.29, 0.717) is 11.3 Å². The van der Waals surface area contributed by atoms with Gasteiger partial charge in [0.2, 0.25) is 0 Å². The van der Waals surface area contributed by atoms with Crippen LogP contribution >= 0.6 is 0 Å². The summed E-state index contributed by atoms with van der Waals surface area (Å²) in [5, 5.41) is 9.59. The highest BCUT2D eigenvalue weighted by molar-refractivity contribution is 7.92. The first-order valence-corrected chi connectivity index (χ1v) is 10.4. The molecule has 5 heteroatoms. The van der Waals surface area contributed by atoms with E-state index in [0.717, 1.165) is 6.42 Å². The van der Waals surface area contributed by atoms with Gasteiger partial charge in [0.25, 0.3) is 0 Å². The molecule has 1 fully saturated rings. The minimum absolute atomic E-state index is 0.0682. The molecule has 3 nitrogen and oxygen atoms in total. The average molecular weight is 310 g/mol. The van der Waals surface area contributed by atoms with Crippen molar-refractivity contribution in [1.29, 1.82) is 0 Å². The Bertz CT molecular complexity index is 568. The highest BCUT2D eigenvalue weighted by Crippen LogP contribution is 2.35. The number of aliphatic hydroxyl groups is 1. The predicted octanol–water partition coefficient (Wildman–Crippen LogP) is 1.52. The van der Waals surface area contributed by atoms with Gasteiger partial charge < -0.3 is 5.11 Å². The second-order valence-corrected chi connectivity index (χ2v) is 8.82. The Labute approximate surface area is 123 Å². The Morgan fingerprint density at radius 2 is 1.90 bits per heavy atom. The molecule has 0 amide bonds. The van der Waals surface area contributed by atoms with Gasteiger partial charge in [-0.25, -0.2) is 8.42 Å². The molecule has 0 saturated heterocycles. The Hall–Kier alpha value is -0.783. The lowest BCUT2D eigenvalue weighted by molar-refractivity contribution is 0.0719. The van der Waals surface area contributed by atoms with Crippen molar-refractivity contribution in [2.75, 3.05) is 0 Å². The van der Waals surface area contributed by atoms with Crippen molar-refractivity contribution in [3.05, 3.63) is 30.3 Å². The minimum atomic E-state index is -3.37. The van der Waals surface area contributed by atoms with Crippen LogP contribution in [0.4, 0.5) is 0 Å². The third kappa shape index (κ3) is 3.10. The number of aliphatic hydroxyl groups excluding tert-OH is 1. The van der Waals surface area contributed by atoms with Crippen LogP contribution in [0.3, 0.4) is 0 Å². The Balaban J connectivity index is 2.37. The van der Waals surface area contributed by atoms with E-state index >= 15 is 0 Å². The topological polar surface area (TPSA) is 54.4 Å². The molecule has 2 unspecified atom stereocenters. The van der Waals surface area contributed by atoms with Crippen LogP contribution in [0.5, 0.6) is 0 Å². The van der Waals surface area contributed by atoms with Gasteiger partial charge >= 0.3 is 0 Å². The molecule has 20 heavy (non-hydrogen) atoms. The molecular formula is C15H22O3SSi. The zero-order valence-electron chi connectivity index (χ0n) is 11.9. The van der Waals surface area contributed by atoms with Gasteiger partial charge in [-0.1, -0.05) is 31.7 Å². The normalized spacial score (nSPS) is 31.6. The molecule has 2 rings (SSSR count). The minimum Gasteiger partial charge on any atom is -0.393 e. The van der Waals surface area contributed by atoms with Crippen molar-refractivity contribution in [2.24, 2.45) is 11.8 Å². The van der Waals surface area contributed by atoms with Gasteiger partial charge in [0.1, 0.15) is 0 Å². The van der Waals surface area contributed by atoms with Crippen LogP contribution in [0, 0.1) is 11.8 Å². The summed E-state index contributed by atoms with van der Waals surface area (Å²) in [5.74, 6) is 0.239. The highest BCUT2D eigenvalue weighted by Gasteiger charge is 2.40. The van der Waals surface area contributed by atoms with Crippen molar-refractivity contribution in [3.8, 4) is 0 Å². The van der Waals surface area contributed by atoms with Crippen molar-refractivity contribution in [2.45, 2.75) is 42.6 Å². The predicted molar refractivity (Wildman–Crippen MR) is 84.4 cm³/mol. The van der Waals surface area contributed by atoms with Gasteiger partial charge in [0.15, 0.2) is 9.84 Å². The van der Waals surface area contributed by atoms with Crippen LogP contribution < -0.4 is 0 Å². The van der Waals surface area contributed by atoms with Gasteiger partial charge in [-0.15, -0.1) is 5.67 Å². The summed E-state index contributed by atoms with van der Waals surface area (Å²) < 4.78 is 25.6. The maximum absolute atomic E-state index is 12.8. The summed E-state index contributed by atoms with van der Waals surface area (Å²) in [5.41, 5.74) is 2.17. The fourth-order valence-electron chi connectivity index (χ4n) is 2.97. The van der Waals surface area contributed by atoms with Gasteiger partial charge in [-0.3, -0.25) is 0 Å². The maximum atomic E-state index is 12.8. The number of benzene rings is 1. The second-order valence-electron chi connectivity index (χ2n) is 5.60. The standard InChI is InChI=1S/C15H22O3SSi/c1-11-8-12(10-20-2)15(9-14(11)16)19(17,18)13-6-4-3-5-7-13/h3-7,10-12,14-16,20H,8-9H2,1-2H3/b20-10+/t11-,12?,14-,15?/m1/s1. The van der Waals surface area contributed by atoms with E-state index in [1.165, 1.54) is 0 Å². The molecule has 0 spiro atoms. The second kappa shape index (κ2) is 6.33. The van der Waals surface area contributed by atoms with Gasteiger partial charge in [0.05, 0.1) is 16.2 Å². The summed E-state index contributed by atoms with van der Waals surface area (Å²) in [6.07, 6.45) is 0.590. The first-order chi connectivity index (χ1) is 9.46.